The fourth-order valence-corrected chi connectivity index (χ4v) is 2.96. The molecule has 1 aliphatic rings. The van der Waals surface area contributed by atoms with E-state index in [1.54, 1.807) is 0 Å². The maximum atomic E-state index is 10.6. The van der Waals surface area contributed by atoms with Gasteiger partial charge in [-0.05, 0) is 36.5 Å². The lowest BCUT2D eigenvalue weighted by atomic mass is 10.0. The Morgan fingerprint density at radius 1 is 1.16 bits per heavy atom. The van der Waals surface area contributed by atoms with Gasteiger partial charge in [-0.25, -0.2) is 9.98 Å². The predicted octanol–water partition coefficient (Wildman–Crippen LogP) is 3.47. The van der Waals surface area contributed by atoms with Crippen molar-refractivity contribution in [2.75, 3.05) is 0 Å². The number of para-hydroxylation sites is 1. The number of nitrogens with one attached hydrogen (secondary N) is 1. The topological polar surface area (TPSA) is 80.4 Å². The summed E-state index contributed by atoms with van der Waals surface area (Å²) >= 11 is 0. The molecule has 0 radical (unpaired) electrons. The number of guanidine groups is 1. The third-order valence-electron chi connectivity index (χ3n) is 4.40. The van der Waals surface area contributed by atoms with Crippen LogP contribution in [-0.2, 0) is 4.79 Å². The minimum atomic E-state index is 0.0568. The number of aromatic nitrogens is 1. The maximum absolute atomic E-state index is 10.6. The lowest BCUT2D eigenvalue weighted by molar-refractivity contribution is -0.108. The Bertz CT molecular complexity index is 959. The molecular formula is C20H18N4O. The van der Waals surface area contributed by atoms with E-state index in [0.717, 1.165) is 28.1 Å². The van der Waals surface area contributed by atoms with E-state index in [9.17, 15) is 4.79 Å². The standard InChI is InChI=1S/C20H18N4O/c21-20(22-12-25)24-19-11-18(23-17-4-2-1-3-16(17)19)15-9-7-14(8-10-15)13-5-6-13/h1-4,7-13H,5-6H2,(H3,21,22,23,24,25). The first-order chi connectivity index (χ1) is 12.2. The monoisotopic (exact) mass is 330 g/mol. The number of amides is 1. The molecule has 1 fully saturated rings. The summed E-state index contributed by atoms with van der Waals surface area (Å²) in [6.07, 6.45) is 3.09. The molecule has 1 aliphatic carbocycles. The van der Waals surface area contributed by atoms with Crippen molar-refractivity contribution in [2.45, 2.75) is 18.8 Å². The Balaban J connectivity index is 1.80. The van der Waals surface area contributed by atoms with Gasteiger partial charge in [-0.15, -0.1) is 0 Å². The molecule has 0 unspecified atom stereocenters. The third-order valence-corrected chi connectivity index (χ3v) is 4.40. The number of benzene rings is 2. The number of pyridine rings is 1. The van der Waals surface area contributed by atoms with E-state index in [1.165, 1.54) is 18.4 Å². The molecule has 3 aromatic rings. The van der Waals surface area contributed by atoms with Gasteiger partial charge in [0.2, 0.25) is 6.41 Å². The molecule has 124 valence electrons. The Morgan fingerprint density at radius 3 is 2.64 bits per heavy atom. The van der Waals surface area contributed by atoms with Crippen LogP contribution in [0.2, 0.25) is 0 Å². The summed E-state index contributed by atoms with van der Waals surface area (Å²) in [6, 6.07) is 18.2. The highest BCUT2D eigenvalue weighted by Crippen LogP contribution is 2.40. The molecule has 0 aliphatic heterocycles. The summed E-state index contributed by atoms with van der Waals surface area (Å²) in [5.74, 6) is 0.786. The minimum Gasteiger partial charge on any atom is -0.369 e. The van der Waals surface area contributed by atoms with Crippen molar-refractivity contribution in [3.05, 3.63) is 60.2 Å². The first-order valence-corrected chi connectivity index (χ1v) is 8.29. The first-order valence-electron chi connectivity index (χ1n) is 8.29. The molecule has 1 amide bonds. The van der Waals surface area contributed by atoms with Gasteiger partial charge in [0.05, 0.1) is 16.9 Å². The van der Waals surface area contributed by atoms with E-state index < -0.39 is 0 Å². The van der Waals surface area contributed by atoms with Crippen molar-refractivity contribution >= 4 is 29.0 Å². The molecule has 2 aromatic carbocycles. The normalized spacial score (nSPS) is 14.5. The SMILES string of the molecule is NC(=Nc1cc(-c2ccc(C3CC3)cc2)nc2ccccc12)NC=O. The molecule has 1 saturated carbocycles. The summed E-state index contributed by atoms with van der Waals surface area (Å²) < 4.78 is 0. The summed E-state index contributed by atoms with van der Waals surface area (Å²) in [7, 11) is 0. The quantitative estimate of drug-likeness (QED) is 0.437. The third kappa shape index (κ3) is 3.21. The molecule has 0 saturated heterocycles. The molecule has 0 bridgehead atoms. The lowest BCUT2D eigenvalue weighted by Crippen LogP contribution is -2.29. The number of nitrogens with zero attached hydrogens (tertiary/aromatic N) is 2. The number of carbonyl (C=O) groups excluding carboxylic acids is 1. The van der Waals surface area contributed by atoms with Gasteiger partial charge in [-0.1, -0.05) is 42.5 Å². The van der Waals surface area contributed by atoms with Gasteiger partial charge in [0, 0.05) is 10.9 Å². The van der Waals surface area contributed by atoms with Crippen molar-refractivity contribution in [1.82, 2.24) is 10.3 Å². The Kier molecular flexibility index (Phi) is 3.90. The van der Waals surface area contributed by atoms with Gasteiger partial charge in [0.25, 0.3) is 0 Å². The van der Waals surface area contributed by atoms with Crippen LogP contribution in [0.5, 0.6) is 0 Å². The number of nitrogens with two attached hydrogens (primary N) is 1. The summed E-state index contributed by atoms with van der Waals surface area (Å²) in [4.78, 5) is 19.6. The van der Waals surface area contributed by atoms with E-state index in [0.29, 0.717) is 12.1 Å². The second kappa shape index (κ2) is 6.36. The van der Waals surface area contributed by atoms with Gasteiger partial charge in [0.15, 0.2) is 5.96 Å². The minimum absolute atomic E-state index is 0.0568. The number of carbonyl (C=O) groups is 1. The Labute approximate surface area is 145 Å². The van der Waals surface area contributed by atoms with Crippen LogP contribution in [0.1, 0.15) is 24.3 Å². The van der Waals surface area contributed by atoms with Crippen LogP contribution in [0.3, 0.4) is 0 Å². The van der Waals surface area contributed by atoms with Crippen LogP contribution in [0, 0.1) is 0 Å². The molecule has 1 heterocycles. The summed E-state index contributed by atoms with van der Waals surface area (Å²) in [5, 5.41) is 3.26. The number of aliphatic imine (C=N–C) groups is 1. The van der Waals surface area contributed by atoms with Crippen molar-refractivity contribution in [1.29, 1.82) is 0 Å². The lowest BCUT2D eigenvalue weighted by Gasteiger charge is -2.08. The number of fused-ring (bicyclic) bond motifs is 1. The van der Waals surface area contributed by atoms with Gasteiger partial charge >= 0.3 is 0 Å². The Morgan fingerprint density at radius 2 is 1.92 bits per heavy atom. The molecule has 0 spiro atoms. The number of hydrogen-bond donors (Lipinski definition) is 2. The Hall–Kier alpha value is -3.21. The highest BCUT2D eigenvalue weighted by molar-refractivity contribution is 5.97. The largest absolute Gasteiger partial charge is 0.369 e. The van der Waals surface area contributed by atoms with Crippen molar-refractivity contribution in [3.63, 3.8) is 0 Å². The molecule has 3 N–H and O–H groups in total. The van der Waals surface area contributed by atoms with Crippen LogP contribution in [0.25, 0.3) is 22.2 Å². The van der Waals surface area contributed by atoms with Crippen LogP contribution < -0.4 is 11.1 Å². The number of hydrogen-bond acceptors (Lipinski definition) is 3. The zero-order chi connectivity index (χ0) is 17.2. The van der Waals surface area contributed by atoms with Gasteiger partial charge in [-0.3, -0.25) is 10.1 Å². The molecule has 4 rings (SSSR count). The molecule has 1 aromatic heterocycles. The van der Waals surface area contributed by atoms with Crippen LogP contribution in [0.15, 0.2) is 59.6 Å². The average Bonchev–Trinajstić information content (AvgIpc) is 3.47. The van der Waals surface area contributed by atoms with Gasteiger partial charge in [0.1, 0.15) is 0 Å². The zero-order valence-electron chi connectivity index (χ0n) is 13.6. The van der Waals surface area contributed by atoms with Gasteiger partial charge in [-0.2, -0.15) is 0 Å². The van der Waals surface area contributed by atoms with E-state index in [2.05, 4.69) is 34.6 Å². The molecule has 0 atom stereocenters. The first kappa shape index (κ1) is 15.3. The maximum Gasteiger partial charge on any atom is 0.213 e. The smallest absolute Gasteiger partial charge is 0.213 e. The highest BCUT2D eigenvalue weighted by Gasteiger charge is 2.23. The number of rotatable bonds is 4. The van der Waals surface area contributed by atoms with Gasteiger partial charge < -0.3 is 5.73 Å². The molecule has 5 heteroatoms. The fraction of sp³-hybridized carbons (Fsp3) is 0.150. The van der Waals surface area contributed by atoms with Crippen LogP contribution in [-0.4, -0.2) is 17.4 Å². The molecule has 25 heavy (non-hydrogen) atoms. The van der Waals surface area contributed by atoms with Crippen molar-refractivity contribution in [3.8, 4) is 11.3 Å². The second-order valence-electron chi connectivity index (χ2n) is 6.20. The van der Waals surface area contributed by atoms with Crippen molar-refractivity contribution in [2.24, 2.45) is 10.7 Å². The van der Waals surface area contributed by atoms with E-state index in [4.69, 9.17) is 10.7 Å². The fourth-order valence-electron chi connectivity index (χ4n) is 2.96. The van der Waals surface area contributed by atoms with Crippen LogP contribution >= 0.6 is 0 Å². The summed E-state index contributed by atoms with van der Waals surface area (Å²) in [5.41, 5.74) is 10.5. The van der Waals surface area contributed by atoms with Crippen molar-refractivity contribution < 1.29 is 4.79 Å². The van der Waals surface area contributed by atoms with Crippen LogP contribution in [0.4, 0.5) is 5.69 Å². The zero-order valence-corrected chi connectivity index (χ0v) is 13.6. The average molecular weight is 330 g/mol. The molecular weight excluding hydrogens is 312 g/mol. The van der Waals surface area contributed by atoms with E-state index in [1.807, 2.05) is 30.3 Å². The second-order valence-corrected chi connectivity index (χ2v) is 6.20. The predicted molar refractivity (Wildman–Crippen MR) is 99.6 cm³/mol. The molecule has 5 nitrogen and oxygen atoms in total. The van der Waals surface area contributed by atoms with E-state index >= 15 is 0 Å². The van der Waals surface area contributed by atoms with E-state index in [-0.39, 0.29) is 5.96 Å². The highest BCUT2D eigenvalue weighted by atomic mass is 16.1. The summed E-state index contributed by atoms with van der Waals surface area (Å²) in [6.45, 7) is 0.